The second-order valence-corrected chi connectivity index (χ2v) is 13.9. The van der Waals surface area contributed by atoms with Gasteiger partial charge in [0.15, 0.2) is 0 Å². The van der Waals surface area contributed by atoms with Crippen molar-refractivity contribution in [3.05, 3.63) is 53.1 Å². The molecule has 0 heterocycles. The average molecular weight is 495 g/mol. The Hall–Kier alpha value is -1.03. The Labute approximate surface area is 217 Å². The van der Waals surface area contributed by atoms with Crippen molar-refractivity contribution < 1.29 is 10.2 Å². The van der Waals surface area contributed by atoms with Gasteiger partial charge in [0.1, 0.15) is 0 Å². The normalized spacial score (nSPS) is 36.0. The Kier molecular flexibility index (Phi) is 7.34. The highest BCUT2D eigenvalue weighted by molar-refractivity contribution is 7.99. The molecule has 5 rings (SSSR count). The summed E-state index contributed by atoms with van der Waals surface area (Å²) in [5.74, 6) is 3.99. The maximum Gasteiger partial charge on any atom is 0.0658 e. The molecule has 0 radical (unpaired) electrons. The molecule has 2 N–H and O–H groups in total. The molecule has 35 heavy (non-hydrogen) atoms. The fourth-order valence-corrected chi connectivity index (χ4v) is 8.98. The quantitative estimate of drug-likeness (QED) is 0.395. The van der Waals surface area contributed by atoms with Crippen LogP contribution in [0.2, 0.25) is 0 Å². The maximum absolute atomic E-state index is 10.6. The molecule has 3 unspecified atom stereocenters. The Morgan fingerprint density at radius 1 is 1.03 bits per heavy atom. The van der Waals surface area contributed by atoms with Crippen LogP contribution in [0, 0.1) is 28.6 Å². The number of benzene rings is 1. The number of aliphatic hydroxyl groups is 2. The van der Waals surface area contributed by atoms with E-state index in [2.05, 4.69) is 64.1 Å². The van der Waals surface area contributed by atoms with Crippen LogP contribution in [0.1, 0.15) is 97.0 Å². The lowest BCUT2D eigenvalue weighted by Crippen LogP contribution is -2.38. The Morgan fingerprint density at radius 3 is 2.46 bits per heavy atom. The highest BCUT2D eigenvalue weighted by atomic mass is 32.2. The van der Waals surface area contributed by atoms with E-state index in [1.807, 2.05) is 11.8 Å². The molecule has 0 aliphatic heterocycles. The van der Waals surface area contributed by atoms with Gasteiger partial charge >= 0.3 is 0 Å². The van der Waals surface area contributed by atoms with Crippen molar-refractivity contribution in [3.8, 4) is 0 Å². The van der Waals surface area contributed by atoms with Crippen molar-refractivity contribution >= 4 is 11.8 Å². The molecule has 1 aromatic carbocycles. The van der Waals surface area contributed by atoms with Crippen LogP contribution >= 0.6 is 11.8 Å². The molecule has 4 saturated carbocycles. The van der Waals surface area contributed by atoms with Gasteiger partial charge in [0.2, 0.25) is 0 Å². The van der Waals surface area contributed by atoms with E-state index >= 15 is 0 Å². The van der Waals surface area contributed by atoms with Gasteiger partial charge in [0.25, 0.3) is 0 Å². The molecule has 4 aliphatic carbocycles. The number of allylic oxidation sites excluding steroid dienone is 3. The zero-order chi connectivity index (χ0) is 24.8. The fraction of sp³-hybridized carbons (Fsp3) is 0.688. The van der Waals surface area contributed by atoms with Crippen LogP contribution in [-0.4, -0.2) is 28.2 Å². The minimum absolute atomic E-state index is 0.170. The molecular formula is C32H46O2S. The van der Waals surface area contributed by atoms with E-state index in [1.54, 1.807) is 5.57 Å². The van der Waals surface area contributed by atoms with Crippen molar-refractivity contribution in [3.63, 3.8) is 0 Å². The molecule has 0 saturated heterocycles. The zero-order valence-electron chi connectivity index (χ0n) is 22.3. The van der Waals surface area contributed by atoms with Crippen LogP contribution in [-0.2, 0) is 0 Å². The minimum Gasteiger partial charge on any atom is -0.392 e. The average Bonchev–Trinajstić information content (AvgIpc) is 3.56. The van der Waals surface area contributed by atoms with Crippen LogP contribution in [0.4, 0.5) is 0 Å². The summed E-state index contributed by atoms with van der Waals surface area (Å²) in [4.78, 5) is 1.42. The maximum atomic E-state index is 10.6. The molecule has 192 valence electrons. The van der Waals surface area contributed by atoms with Gasteiger partial charge < -0.3 is 10.2 Å². The van der Waals surface area contributed by atoms with E-state index in [0.29, 0.717) is 23.2 Å². The van der Waals surface area contributed by atoms with Crippen molar-refractivity contribution in [2.24, 2.45) is 28.6 Å². The van der Waals surface area contributed by atoms with Crippen LogP contribution in [0.25, 0.3) is 0 Å². The highest BCUT2D eigenvalue weighted by Crippen LogP contribution is 2.60. The van der Waals surface area contributed by atoms with Crippen molar-refractivity contribution in [2.75, 3.05) is 5.75 Å². The summed E-state index contributed by atoms with van der Waals surface area (Å²) in [5.41, 5.74) is 4.55. The van der Waals surface area contributed by atoms with Crippen molar-refractivity contribution in [1.82, 2.24) is 0 Å². The molecule has 2 nitrogen and oxygen atoms in total. The predicted molar refractivity (Wildman–Crippen MR) is 148 cm³/mol. The first kappa shape index (κ1) is 25.6. The predicted octanol–water partition coefficient (Wildman–Crippen LogP) is 7.90. The highest BCUT2D eigenvalue weighted by Gasteiger charge is 2.56. The summed E-state index contributed by atoms with van der Waals surface area (Å²) in [6.07, 6.45) is 14.0. The first-order chi connectivity index (χ1) is 16.7. The standard InChI is InChI=1S/C32H46O2S/c1-21(2)25-7-5-9-26(19-25)35-20-22(3)27-12-13-28-24(8-6-14-31(27,28)4)11-10-23-17-29(33)32(15-16-32)30(34)18-23/h5,7,9-11,19,21-22,27-30,33-34H,6,8,12-18,20H2,1-4H3/t22-,27?,28?,29+,30+,31?/m0/s1. The van der Waals surface area contributed by atoms with E-state index in [0.717, 1.165) is 31.6 Å². The third kappa shape index (κ3) is 4.94. The number of fused-ring (bicyclic) bond motifs is 1. The second kappa shape index (κ2) is 10.0. The van der Waals surface area contributed by atoms with Gasteiger partial charge in [-0.2, -0.15) is 0 Å². The lowest BCUT2D eigenvalue weighted by atomic mass is 9.61. The molecule has 3 heteroatoms. The first-order valence-corrected chi connectivity index (χ1v) is 15.2. The van der Waals surface area contributed by atoms with Crippen LogP contribution in [0.3, 0.4) is 0 Å². The van der Waals surface area contributed by atoms with Gasteiger partial charge in [0, 0.05) is 16.1 Å². The molecule has 0 aromatic heterocycles. The van der Waals surface area contributed by atoms with Crippen molar-refractivity contribution in [1.29, 1.82) is 0 Å². The third-order valence-electron chi connectivity index (χ3n) is 10.4. The van der Waals surface area contributed by atoms with Crippen LogP contribution < -0.4 is 0 Å². The Balaban J connectivity index is 1.24. The molecule has 1 aromatic rings. The molecule has 0 bridgehead atoms. The fourth-order valence-electron chi connectivity index (χ4n) is 7.90. The number of rotatable bonds is 6. The van der Waals surface area contributed by atoms with Crippen LogP contribution in [0.15, 0.2) is 52.5 Å². The van der Waals surface area contributed by atoms with Gasteiger partial charge in [0.05, 0.1) is 12.2 Å². The summed E-state index contributed by atoms with van der Waals surface area (Å²) in [5, 5.41) is 21.2. The van der Waals surface area contributed by atoms with Gasteiger partial charge in [-0.3, -0.25) is 0 Å². The monoisotopic (exact) mass is 494 g/mol. The Morgan fingerprint density at radius 2 is 1.77 bits per heavy atom. The summed E-state index contributed by atoms with van der Waals surface area (Å²) in [7, 11) is 0. The summed E-state index contributed by atoms with van der Waals surface area (Å²) < 4.78 is 0. The molecule has 4 fully saturated rings. The lowest BCUT2D eigenvalue weighted by molar-refractivity contribution is -0.0225. The second-order valence-electron chi connectivity index (χ2n) is 12.9. The molecule has 0 amide bonds. The van der Waals surface area contributed by atoms with E-state index in [-0.39, 0.29) is 17.6 Å². The van der Waals surface area contributed by atoms with Gasteiger partial charge in [-0.15, -0.1) is 11.8 Å². The zero-order valence-corrected chi connectivity index (χ0v) is 23.1. The van der Waals surface area contributed by atoms with E-state index in [9.17, 15) is 10.2 Å². The lowest BCUT2D eigenvalue weighted by Gasteiger charge is -2.44. The number of thioether (sulfide) groups is 1. The summed E-state index contributed by atoms with van der Waals surface area (Å²) >= 11 is 2.05. The topological polar surface area (TPSA) is 40.5 Å². The summed E-state index contributed by atoms with van der Waals surface area (Å²) in [6, 6.07) is 9.14. The largest absolute Gasteiger partial charge is 0.392 e. The van der Waals surface area contributed by atoms with Gasteiger partial charge in [-0.1, -0.05) is 63.1 Å². The van der Waals surface area contributed by atoms with Gasteiger partial charge in [-0.05, 0) is 105 Å². The number of hydrogen-bond acceptors (Lipinski definition) is 3. The first-order valence-electron chi connectivity index (χ1n) is 14.2. The van der Waals surface area contributed by atoms with E-state index in [4.69, 9.17) is 0 Å². The number of hydrogen-bond donors (Lipinski definition) is 2. The minimum atomic E-state index is -0.358. The van der Waals surface area contributed by atoms with E-state index < -0.39 is 0 Å². The van der Waals surface area contributed by atoms with Crippen molar-refractivity contribution in [2.45, 2.75) is 109 Å². The van der Waals surface area contributed by atoms with Gasteiger partial charge in [-0.25, -0.2) is 0 Å². The van der Waals surface area contributed by atoms with Crippen LogP contribution in [0.5, 0.6) is 0 Å². The smallest absolute Gasteiger partial charge is 0.0658 e. The van der Waals surface area contributed by atoms with E-state index in [1.165, 1.54) is 53.9 Å². The molecule has 6 atom stereocenters. The Bertz CT molecular complexity index is 958. The molecular weight excluding hydrogens is 448 g/mol. The SMILES string of the molecule is CC(C)c1cccc(SC[C@H](C)C2CCC3C(=CC=C4C[C@@H](O)C5(CC5)[C@H](O)C4)CCCC32C)c1. The number of aliphatic hydroxyl groups excluding tert-OH is 2. The molecule has 4 aliphatic rings. The molecule has 1 spiro atoms. The third-order valence-corrected chi connectivity index (χ3v) is 11.6. The summed E-state index contributed by atoms with van der Waals surface area (Å²) in [6.45, 7) is 9.63.